The minimum Gasteiger partial charge on any atom is -0.335 e. The minimum absolute atomic E-state index is 0.0470. The number of hydrogen-bond donors (Lipinski definition) is 0. The van der Waals surface area contributed by atoms with Gasteiger partial charge in [0.05, 0.1) is 16.9 Å². The molecule has 2 unspecified atom stereocenters. The smallest absolute Gasteiger partial charge is 0.252 e. The second kappa shape index (κ2) is 12.3. The van der Waals surface area contributed by atoms with Crippen molar-refractivity contribution >= 4 is 62.4 Å². The molecule has 0 N–H and O–H groups in total. The molecule has 3 aliphatic heterocycles. The first-order chi connectivity index (χ1) is 28.2. The van der Waals surface area contributed by atoms with Crippen molar-refractivity contribution in [3.63, 3.8) is 0 Å². The molecule has 0 bridgehead atoms. The molecule has 0 spiro atoms. The molecule has 4 heterocycles. The van der Waals surface area contributed by atoms with Crippen LogP contribution in [0.25, 0.3) is 27.8 Å². The summed E-state index contributed by atoms with van der Waals surface area (Å²) >= 11 is 0. The van der Waals surface area contributed by atoms with Gasteiger partial charge in [-0.05, 0) is 118 Å². The summed E-state index contributed by atoms with van der Waals surface area (Å²) in [6, 6.07) is 49.4. The maximum absolute atomic E-state index is 2.86. The van der Waals surface area contributed by atoms with Crippen molar-refractivity contribution in [1.29, 1.82) is 0 Å². The zero-order chi connectivity index (χ0) is 40.8. The Morgan fingerprint density at radius 1 is 0.610 bits per heavy atom. The van der Waals surface area contributed by atoms with Crippen LogP contribution in [0.1, 0.15) is 103 Å². The van der Waals surface area contributed by atoms with Gasteiger partial charge in [-0.25, -0.2) is 0 Å². The Bertz CT molecular complexity index is 2780. The van der Waals surface area contributed by atoms with Gasteiger partial charge in [0.1, 0.15) is 0 Å². The Morgan fingerprint density at radius 2 is 1.20 bits per heavy atom. The Morgan fingerprint density at radius 3 is 1.85 bits per heavy atom. The van der Waals surface area contributed by atoms with Crippen LogP contribution in [0, 0.1) is 6.92 Å². The number of fused-ring (bicyclic) bond motifs is 7. The summed E-state index contributed by atoms with van der Waals surface area (Å²) in [6.07, 6.45) is 4.91. The highest BCUT2D eigenvalue weighted by Gasteiger charge is 2.61. The van der Waals surface area contributed by atoms with Gasteiger partial charge in [-0.15, -0.1) is 0 Å². The molecule has 0 radical (unpaired) electrons. The molecule has 1 fully saturated rings. The maximum atomic E-state index is 2.86. The number of para-hydroxylation sites is 2. The lowest BCUT2D eigenvalue weighted by atomic mass is 9.33. The molecule has 0 amide bonds. The van der Waals surface area contributed by atoms with Gasteiger partial charge in [-0.1, -0.05) is 152 Å². The van der Waals surface area contributed by atoms with Crippen LogP contribution in [0.4, 0.5) is 28.4 Å². The number of benzene rings is 6. The van der Waals surface area contributed by atoms with E-state index in [1.165, 1.54) is 121 Å². The summed E-state index contributed by atoms with van der Waals surface area (Å²) in [5.74, 6) is 0. The molecule has 3 nitrogen and oxygen atoms in total. The lowest BCUT2D eigenvalue weighted by molar-refractivity contribution is 0.195. The molecule has 0 saturated heterocycles. The molecule has 7 aromatic rings. The second-order valence-corrected chi connectivity index (χ2v) is 20.6. The van der Waals surface area contributed by atoms with E-state index >= 15 is 0 Å². The number of nitrogens with zero attached hydrogens (tertiary/aromatic N) is 3. The van der Waals surface area contributed by atoms with E-state index in [1.54, 1.807) is 0 Å². The van der Waals surface area contributed by atoms with Gasteiger partial charge in [0.25, 0.3) is 6.71 Å². The van der Waals surface area contributed by atoms with Gasteiger partial charge in [0.15, 0.2) is 0 Å². The number of aryl methyl sites for hydroxylation is 1. The van der Waals surface area contributed by atoms with Crippen LogP contribution >= 0.6 is 0 Å². The predicted molar refractivity (Wildman–Crippen MR) is 253 cm³/mol. The fraction of sp³-hybridized carbons (Fsp3) is 0.309. The van der Waals surface area contributed by atoms with Crippen LogP contribution in [0.15, 0.2) is 127 Å². The standard InChI is InChI=1S/C55H56BN3/c1-35-42-19-15-21-44-50(42)58(49(35)36-17-11-10-12-18-36)46-33-41(57(39-27-23-37(24-28-39)52(2,3)4)40-29-25-38(26-30-40)53(5,6)7)34-47-48(46)56(44)45-22-16-20-43-51(45)59(47)55(9)32-14-13-31-54(43,55)8/h10-12,15-30,33-34H,13-14,31-32H2,1-9H3. The molecule has 6 aromatic carbocycles. The first-order valence-corrected chi connectivity index (χ1v) is 22.0. The van der Waals surface area contributed by atoms with Crippen molar-refractivity contribution in [1.82, 2.24) is 4.57 Å². The zero-order valence-corrected chi connectivity index (χ0v) is 36.4. The Hall–Kier alpha value is -5.48. The third-order valence-electron chi connectivity index (χ3n) is 15.2. The lowest BCUT2D eigenvalue weighted by Crippen LogP contribution is -2.64. The molecule has 4 heteroatoms. The van der Waals surface area contributed by atoms with Crippen molar-refractivity contribution in [2.75, 3.05) is 9.80 Å². The van der Waals surface area contributed by atoms with Gasteiger partial charge in [-0.3, -0.25) is 0 Å². The molecule has 1 aliphatic carbocycles. The maximum Gasteiger partial charge on any atom is 0.252 e. The van der Waals surface area contributed by atoms with Gasteiger partial charge < -0.3 is 14.4 Å². The first kappa shape index (κ1) is 36.6. The van der Waals surface area contributed by atoms with Crippen LogP contribution in [-0.4, -0.2) is 16.8 Å². The highest BCUT2D eigenvalue weighted by Crippen LogP contribution is 2.62. The molecule has 2 atom stereocenters. The largest absolute Gasteiger partial charge is 0.335 e. The van der Waals surface area contributed by atoms with E-state index in [0.717, 1.165) is 0 Å². The fourth-order valence-electron chi connectivity index (χ4n) is 11.9. The molecule has 59 heavy (non-hydrogen) atoms. The van der Waals surface area contributed by atoms with Gasteiger partial charge in [0.2, 0.25) is 0 Å². The van der Waals surface area contributed by atoms with Crippen molar-refractivity contribution in [2.24, 2.45) is 0 Å². The second-order valence-electron chi connectivity index (χ2n) is 20.6. The van der Waals surface area contributed by atoms with E-state index in [-0.39, 0.29) is 28.5 Å². The highest BCUT2D eigenvalue weighted by atomic mass is 15.3. The van der Waals surface area contributed by atoms with Crippen LogP contribution in [0.5, 0.6) is 0 Å². The van der Waals surface area contributed by atoms with Crippen LogP contribution < -0.4 is 26.2 Å². The van der Waals surface area contributed by atoms with Crippen molar-refractivity contribution in [3.8, 4) is 16.9 Å². The van der Waals surface area contributed by atoms with Crippen LogP contribution in [0.3, 0.4) is 0 Å². The predicted octanol–water partition coefficient (Wildman–Crippen LogP) is 12.6. The summed E-state index contributed by atoms with van der Waals surface area (Å²) in [5.41, 5.74) is 21.5. The van der Waals surface area contributed by atoms with E-state index < -0.39 is 0 Å². The average Bonchev–Trinajstić information content (AvgIpc) is 3.64. The zero-order valence-electron chi connectivity index (χ0n) is 36.4. The summed E-state index contributed by atoms with van der Waals surface area (Å²) < 4.78 is 2.66. The third kappa shape index (κ3) is 4.95. The van der Waals surface area contributed by atoms with Gasteiger partial charge in [-0.2, -0.15) is 0 Å². The molecule has 294 valence electrons. The molecule has 1 aromatic heterocycles. The number of aromatic nitrogens is 1. The summed E-state index contributed by atoms with van der Waals surface area (Å²) in [4.78, 5) is 5.39. The topological polar surface area (TPSA) is 11.4 Å². The Balaban J connectivity index is 1.27. The van der Waals surface area contributed by atoms with Gasteiger partial charge in [0, 0.05) is 44.8 Å². The van der Waals surface area contributed by atoms with E-state index in [4.69, 9.17) is 0 Å². The number of rotatable bonds is 4. The monoisotopic (exact) mass is 769 g/mol. The van der Waals surface area contributed by atoms with E-state index in [9.17, 15) is 0 Å². The Kier molecular flexibility index (Phi) is 7.62. The average molecular weight is 770 g/mol. The molecular formula is C55H56BN3. The van der Waals surface area contributed by atoms with Crippen molar-refractivity contribution in [3.05, 3.63) is 150 Å². The summed E-state index contributed by atoms with van der Waals surface area (Å²) in [6.45, 7) is 21.5. The van der Waals surface area contributed by atoms with E-state index in [0.29, 0.717) is 0 Å². The molecule has 1 saturated carbocycles. The van der Waals surface area contributed by atoms with Crippen molar-refractivity contribution < 1.29 is 0 Å². The minimum atomic E-state index is -0.0598. The SMILES string of the molecule is Cc1c(-c2ccccc2)n2c3c(cccc13)B1c3cccc4c3N(c3cc(N(c5ccc(C(C)(C)C)cc5)c5ccc(C(C)(C)C)cc5)cc-2c31)C1(C)CCCCC41C. The third-order valence-corrected chi connectivity index (χ3v) is 15.2. The molecular weight excluding hydrogens is 713 g/mol. The van der Waals surface area contributed by atoms with Gasteiger partial charge >= 0.3 is 0 Å². The van der Waals surface area contributed by atoms with Crippen LogP contribution in [0.2, 0.25) is 0 Å². The molecule has 11 rings (SSSR count). The highest BCUT2D eigenvalue weighted by molar-refractivity contribution is 7.00. The Labute approximate surface area is 351 Å². The molecule has 4 aliphatic rings. The quantitative estimate of drug-likeness (QED) is 0.165. The van der Waals surface area contributed by atoms with Crippen LogP contribution in [-0.2, 0) is 16.2 Å². The normalized spacial score (nSPS) is 20.1. The van der Waals surface area contributed by atoms with E-state index in [1.807, 2.05) is 0 Å². The fourth-order valence-corrected chi connectivity index (χ4v) is 11.9. The van der Waals surface area contributed by atoms with E-state index in [2.05, 4.69) is 204 Å². The lowest BCUT2D eigenvalue weighted by Gasteiger charge is -2.52. The summed E-state index contributed by atoms with van der Waals surface area (Å²) in [5, 5.41) is 1.34. The number of anilines is 5. The first-order valence-electron chi connectivity index (χ1n) is 22.0. The van der Waals surface area contributed by atoms with Crippen molar-refractivity contribution in [2.45, 2.75) is 110 Å². The number of hydrogen-bond acceptors (Lipinski definition) is 2. The summed E-state index contributed by atoms with van der Waals surface area (Å²) in [7, 11) is 0.